The second kappa shape index (κ2) is 6.20. The monoisotopic (exact) mass is 286 g/mol. The van der Waals surface area contributed by atoms with E-state index in [2.05, 4.69) is 60.4 Å². The van der Waals surface area contributed by atoms with E-state index in [0.29, 0.717) is 5.88 Å². The topological polar surface area (TPSA) is 73.1 Å². The molecule has 0 saturated heterocycles. The van der Waals surface area contributed by atoms with Crippen LogP contribution in [-0.4, -0.2) is 17.1 Å². The van der Waals surface area contributed by atoms with Crippen LogP contribution in [0.1, 0.15) is 43.6 Å². The van der Waals surface area contributed by atoms with Crippen LogP contribution in [0.4, 0.5) is 0 Å². The Bertz CT molecular complexity index is 590. The van der Waals surface area contributed by atoms with Gasteiger partial charge >= 0.3 is 0 Å². The van der Waals surface area contributed by atoms with Crippen LogP contribution in [0.2, 0.25) is 0 Å². The van der Waals surface area contributed by atoms with Gasteiger partial charge in [0.25, 0.3) is 0 Å². The molecule has 0 aliphatic heterocycles. The average molecular weight is 286 g/mol. The molecule has 2 aromatic rings. The summed E-state index contributed by atoms with van der Waals surface area (Å²) in [4.78, 5) is 8.29. The molecular formula is C16H22N4O. The summed E-state index contributed by atoms with van der Waals surface area (Å²) in [5.41, 5.74) is 6.02. The third kappa shape index (κ3) is 3.56. The minimum Gasteiger partial charge on any atom is -0.481 e. The Balaban J connectivity index is 2.32. The maximum Gasteiger partial charge on any atom is 0.216 e. The number of rotatable bonds is 4. The largest absolute Gasteiger partial charge is 0.481 e. The lowest BCUT2D eigenvalue weighted by Crippen LogP contribution is -2.29. The van der Waals surface area contributed by atoms with E-state index in [-0.39, 0.29) is 11.5 Å². The molecule has 0 aliphatic carbocycles. The van der Waals surface area contributed by atoms with Crippen molar-refractivity contribution >= 4 is 0 Å². The van der Waals surface area contributed by atoms with Crippen LogP contribution in [0.15, 0.2) is 36.7 Å². The molecule has 5 nitrogen and oxygen atoms in total. The Kier molecular flexibility index (Phi) is 4.55. The standard InChI is InChI=1S/C16H22N4O/c1-16(2,3)12-7-5-11(6-8-12)15(20-17)13-9-14(21-4)19-10-18-13/h5-10,15,20H,17H2,1-4H3. The molecule has 0 aliphatic rings. The number of methoxy groups -OCH3 is 1. The maximum atomic E-state index is 5.70. The summed E-state index contributed by atoms with van der Waals surface area (Å²) in [6, 6.07) is 9.97. The number of hydrazine groups is 1. The van der Waals surface area contributed by atoms with Crippen molar-refractivity contribution in [3.05, 3.63) is 53.5 Å². The minimum absolute atomic E-state index is 0.127. The van der Waals surface area contributed by atoms with Crippen LogP contribution in [0.25, 0.3) is 0 Å². The fraction of sp³-hybridized carbons (Fsp3) is 0.375. The molecule has 0 amide bonds. The summed E-state index contributed by atoms with van der Waals surface area (Å²) in [5.74, 6) is 6.22. The summed E-state index contributed by atoms with van der Waals surface area (Å²) < 4.78 is 5.13. The molecule has 0 saturated carbocycles. The van der Waals surface area contributed by atoms with Gasteiger partial charge in [-0.1, -0.05) is 45.0 Å². The molecule has 1 unspecified atom stereocenters. The highest BCUT2D eigenvalue weighted by atomic mass is 16.5. The van der Waals surface area contributed by atoms with Crippen molar-refractivity contribution in [1.29, 1.82) is 0 Å². The lowest BCUT2D eigenvalue weighted by molar-refractivity contribution is 0.395. The molecule has 0 fully saturated rings. The summed E-state index contributed by atoms with van der Waals surface area (Å²) in [6.45, 7) is 6.57. The first kappa shape index (κ1) is 15.4. The van der Waals surface area contributed by atoms with Gasteiger partial charge in [0.15, 0.2) is 0 Å². The van der Waals surface area contributed by atoms with Crippen molar-refractivity contribution < 1.29 is 4.74 Å². The number of nitrogens with one attached hydrogen (secondary N) is 1. The number of nitrogens with two attached hydrogens (primary N) is 1. The molecule has 112 valence electrons. The van der Waals surface area contributed by atoms with Crippen LogP contribution in [0, 0.1) is 0 Å². The van der Waals surface area contributed by atoms with E-state index < -0.39 is 0 Å². The molecular weight excluding hydrogens is 264 g/mol. The van der Waals surface area contributed by atoms with E-state index in [9.17, 15) is 0 Å². The third-order valence-electron chi connectivity index (χ3n) is 3.44. The first-order chi connectivity index (χ1) is 9.95. The van der Waals surface area contributed by atoms with Gasteiger partial charge < -0.3 is 4.74 Å². The van der Waals surface area contributed by atoms with Gasteiger partial charge in [-0.25, -0.2) is 15.4 Å². The van der Waals surface area contributed by atoms with E-state index in [1.54, 1.807) is 13.2 Å². The van der Waals surface area contributed by atoms with Gasteiger partial charge in [0.2, 0.25) is 5.88 Å². The van der Waals surface area contributed by atoms with Crippen LogP contribution < -0.4 is 16.0 Å². The average Bonchev–Trinajstić information content (AvgIpc) is 2.48. The van der Waals surface area contributed by atoms with Crippen LogP contribution in [0.5, 0.6) is 5.88 Å². The van der Waals surface area contributed by atoms with E-state index in [1.165, 1.54) is 11.9 Å². The summed E-state index contributed by atoms with van der Waals surface area (Å²) in [6.07, 6.45) is 1.47. The predicted octanol–water partition coefficient (Wildman–Crippen LogP) is 2.34. The summed E-state index contributed by atoms with van der Waals surface area (Å²) >= 11 is 0. The highest BCUT2D eigenvalue weighted by Crippen LogP contribution is 2.26. The number of benzene rings is 1. The molecule has 1 aromatic heterocycles. The predicted molar refractivity (Wildman–Crippen MR) is 82.9 cm³/mol. The van der Waals surface area contributed by atoms with E-state index >= 15 is 0 Å². The lowest BCUT2D eigenvalue weighted by Gasteiger charge is -2.21. The zero-order chi connectivity index (χ0) is 15.5. The molecule has 0 radical (unpaired) electrons. The van der Waals surface area contributed by atoms with Crippen LogP contribution >= 0.6 is 0 Å². The fourth-order valence-electron chi connectivity index (χ4n) is 2.15. The number of aromatic nitrogens is 2. The van der Waals surface area contributed by atoms with E-state index in [0.717, 1.165) is 11.3 Å². The Morgan fingerprint density at radius 2 is 1.81 bits per heavy atom. The van der Waals surface area contributed by atoms with Gasteiger partial charge in [-0.05, 0) is 16.5 Å². The number of nitrogens with zero attached hydrogens (tertiary/aromatic N) is 2. The van der Waals surface area contributed by atoms with Gasteiger partial charge in [-0.3, -0.25) is 5.84 Å². The van der Waals surface area contributed by atoms with Gasteiger partial charge in [-0.15, -0.1) is 0 Å². The zero-order valence-electron chi connectivity index (χ0n) is 12.9. The highest BCUT2D eigenvalue weighted by Gasteiger charge is 2.17. The van der Waals surface area contributed by atoms with Crippen LogP contribution in [-0.2, 0) is 5.41 Å². The first-order valence-electron chi connectivity index (χ1n) is 6.88. The Labute approximate surface area is 125 Å². The summed E-state index contributed by atoms with van der Waals surface area (Å²) in [5, 5.41) is 0. The second-order valence-electron chi connectivity index (χ2n) is 5.96. The quantitative estimate of drug-likeness (QED) is 0.666. The molecule has 2 rings (SSSR count). The normalized spacial score (nSPS) is 13.0. The molecule has 1 atom stereocenters. The number of hydrogen-bond acceptors (Lipinski definition) is 5. The summed E-state index contributed by atoms with van der Waals surface area (Å²) in [7, 11) is 1.58. The highest BCUT2D eigenvalue weighted by molar-refractivity contribution is 5.33. The van der Waals surface area contributed by atoms with Gasteiger partial charge in [-0.2, -0.15) is 0 Å². The molecule has 5 heteroatoms. The van der Waals surface area contributed by atoms with Crippen LogP contribution in [0.3, 0.4) is 0 Å². The Hall–Kier alpha value is -1.98. The van der Waals surface area contributed by atoms with Crippen molar-refractivity contribution in [2.45, 2.75) is 32.2 Å². The molecule has 0 bridgehead atoms. The van der Waals surface area contributed by atoms with Gasteiger partial charge in [0, 0.05) is 6.07 Å². The molecule has 1 aromatic carbocycles. The Morgan fingerprint density at radius 1 is 1.14 bits per heavy atom. The van der Waals surface area contributed by atoms with Crippen molar-refractivity contribution in [3.63, 3.8) is 0 Å². The minimum atomic E-state index is -0.198. The third-order valence-corrected chi connectivity index (χ3v) is 3.44. The smallest absolute Gasteiger partial charge is 0.216 e. The van der Waals surface area contributed by atoms with Crippen molar-refractivity contribution in [2.24, 2.45) is 5.84 Å². The Morgan fingerprint density at radius 3 is 2.33 bits per heavy atom. The molecule has 1 heterocycles. The van der Waals surface area contributed by atoms with Gasteiger partial charge in [0.1, 0.15) is 6.33 Å². The molecule has 0 spiro atoms. The van der Waals surface area contributed by atoms with E-state index in [1.807, 2.05) is 0 Å². The van der Waals surface area contributed by atoms with Gasteiger partial charge in [0.05, 0.1) is 18.8 Å². The SMILES string of the molecule is COc1cc(C(NN)c2ccc(C(C)(C)C)cc2)ncn1. The fourth-order valence-corrected chi connectivity index (χ4v) is 2.15. The second-order valence-corrected chi connectivity index (χ2v) is 5.96. The number of ether oxygens (including phenoxy) is 1. The molecule has 3 N–H and O–H groups in total. The van der Waals surface area contributed by atoms with Crippen molar-refractivity contribution in [2.75, 3.05) is 7.11 Å². The van der Waals surface area contributed by atoms with Crippen molar-refractivity contribution in [3.8, 4) is 5.88 Å². The number of hydrogen-bond donors (Lipinski definition) is 2. The first-order valence-corrected chi connectivity index (χ1v) is 6.88. The lowest BCUT2D eigenvalue weighted by atomic mass is 9.86. The maximum absolute atomic E-state index is 5.70. The van der Waals surface area contributed by atoms with E-state index in [4.69, 9.17) is 10.6 Å². The molecule has 21 heavy (non-hydrogen) atoms. The van der Waals surface area contributed by atoms with Crippen molar-refractivity contribution in [1.82, 2.24) is 15.4 Å². The zero-order valence-corrected chi connectivity index (χ0v) is 12.9.